The molecule has 0 saturated heterocycles. The molecule has 0 aromatic heterocycles. The molecule has 0 heterocycles. The maximum atomic E-state index is 12.9. The number of hydrogen-bond acceptors (Lipinski definition) is 2. The molecule has 0 aliphatic heterocycles. The van der Waals surface area contributed by atoms with Gasteiger partial charge in [-0.15, -0.1) is 0 Å². The Hall–Kier alpha value is -2.69. The highest BCUT2D eigenvalue weighted by atomic mass is 35.5. The molecule has 3 rings (SSSR count). The van der Waals surface area contributed by atoms with Gasteiger partial charge in [0.15, 0.2) is 5.11 Å². The maximum absolute atomic E-state index is 12.9. The molecule has 0 saturated carbocycles. The zero-order valence-corrected chi connectivity index (χ0v) is 15.4. The van der Waals surface area contributed by atoms with Gasteiger partial charge in [0.1, 0.15) is 0 Å². The van der Waals surface area contributed by atoms with Crippen LogP contribution in [-0.2, 0) is 4.79 Å². The summed E-state index contributed by atoms with van der Waals surface area (Å²) in [4.78, 5) is 12.9. The van der Waals surface area contributed by atoms with Crippen LogP contribution in [0.25, 0.3) is 0 Å². The topological polar surface area (TPSA) is 41.1 Å². The van der Waals surface area contributed by atoms with Crippen molar-refractivity contribution in [2.75, 3.05) is 5.32 Å². The maximum Gasteiger partial charge on any atom is 0.238 e. The summed E-state index contributed by atoms with van der Waals surface area (Å²) in [6.45, 7) is 0. The van der Waals surface area contributed by atoms with Gasteiger partial charge in [-0.05, 0) is 41.5 Å². The Kier molecular flexibility index (Phi) is 6.00. The monoisotopic (exact) mass is 380 g/mol. The molecule has 3 aromatic rings. The molecule has 0 fully saturated rings. The van der Waals surface area contributed by atoms with Gasteiger partial charge < -0.3 is 10.6 Å². The minimum atomic E-state index is -0.448. The van der Waals surface area contributed by atoms with E-state index in [0.717, 1.165) is 16.8 Å². The molecule has 0 unspecified atom stereocenters. The fourth-order valence-corrected chi connectivity index (χ4v) is 3.11. The van der Waals surface area contributed by atoms with Crippen molar-refractivity contribution in [2.45, 2.75) is 5.92 Å². The van der Waals surface area contributed by atoms with Gasteiger partial charge in [0, 0.05) is 10.7 Å². The van der Waals surface area contributed by atoms with Crippen molar-refractivity contribution in [1.29, 1.82) is 0 Å². The molecule has 0 bridgehead atoms. The summed E-state index contributed by atoms with van der Waals surface area (Å²) in [5.74, 6) is -0.640. The molecule has 5 heteroatoms. The number of amides is 1. The summed E-state index contributed by atoms with van der Waals surface area (Å²) in [6.07, 6.45) is 0. The van der Waals surface area contributed by atoms with Crippen molar-refractivity contribution in [3.63, 3.8) is 0 Å². The summed E-state index contributed by atoms with van der Waals surface area (Å²) in [5.41, 5.74) is 2.53. The van der Waals surface area contributed by atoms with E-state index in [1.807, 2.05) is 72.8 Å². The van der Waals surface area contributed by atoms with Gasteiger partial charge in [0.25, 0.3) is 0 Å². The summed E-state index contributed by atoms with van der Waals surface area (Å²) in [7, 11) is 0. The van der Waals surface area contributed by atoms with Crippen LogP contribution in [0.2, 0.25) is 5.02 Å². The van der Waals surface area contributed by atoms with Gasteiger partial charge in [-0.2, -0.15) is 0 Å². The quantitative estimate of drug-likeness (QED) is 0.627. The van der Waals surface area contributed by atoms with E-state index in [1.54, 1.807) is 12.1 Å². The van der Waals surface area contributed by atoms with E-state index < -0.39 is 5.92 Å². The molecule has 3 nitrogen and oxygen atoms in total. The number of benzene rings is 3. The average molecular weight is 381 g/mol. The summed E-state index contributed by atoms with van der Waals surface area (Å²) in [5, 5.41) is 6.59. The molecule has 0 spiro atoms. The molecule has 0 aliphatic carbocycles. The highest BCUT2D eigenvalue weighted by molar-refractivity contribution is 7.80. The lowest BCUT2D eigenvalue weighted by atomic mass is 9.90. The van der Waals surface area contributed by atoms with E-state index in [4.69, 9.17) is 23.8 Å². The first-order valence-electron chi connectivity index (χ1n) is 8.11. The molecule has 26 heavy (non-hydrogen) atoms. The molecule has 0 aliphatic rings. The van der Waals surface area contributed by atoms with Crippen LogP contribution < -0.4 is 10.6 Å². The van der Waals surface area contributed by atoms with Gasteiger partial charge in [-0.25, -0.2) is 0 Å². The summed E-state index contributed by atoms with van der Waals surface area (Å²) >= 11 is 11.3. The van der Waals surface area contributed by atoms with E-state index >= 15 is 0 Å². The highest BCUT2D eigenvalue weighted by Crippen LogP contribution is 2.24. The Balaban J connectivity index is 1.79. The summed E-state index contributed by atoms with van der Waals surface area (Å²) in [6, 6.07) is 26.4. The number of rotatable bonds is 4. The molecule has 3 aromatic carbocycles. The minimum Gasteiger partial charge on any atom is -0.332 e. The van der Waals surface area contributed by atoms with E-state index in [2.05, 4.69) is 10.6 Å². The minimum absolute atomic E-state index is 0.193. The van der Waals surface area contributed by atoms with Crippen LogP contribution in [0.4, 0.5) is 5.69 Å². The van der Waals surface area contributed by atoms with E-state index in [0.29, 0.717) is 5.02 Å². The third-order valence-corrected chi connectivity index (χ3v) is 4.29. The molecule has 0 radical (unpaired) electrons. The predicted octanol–water partition coefficient (Wildman–Crippen LogP) is 4.99. The number of carbonyl (C=O) groups is 1. The first kappa shape index (κ1) is 18.1. The van der Waals surface area contributed by atoms with Crippen LogP contribution in [0, 0.1) is 0 Å². The Morgan fingerprint density at radius 3 is 1.96 bits per heavy atom. The second-order valence-corrected chi connectivity index (χ2v) is 6.55. The van der Waals surface area contributed by atoms with Crippen LogP contribution in [0.15, 0.2) is 84.9 Å². The number of nitrogens with one attached hydrogen (secondary N) is 2. The predicted molar refractivity (Wildman–Crippen MR) is 111 cm³/mol. The Morgan fingerprint density at radius 2 is 1.42 bits per heavy atom. The second-order valence-electron chi connectivity index (χ2n) is 5.71. The van der Waals surface area contributed by atoms with Gasteiger partial charge in [-0.3, -0.25) is 4.79 Å². The Bertz CT molecular complexity index is 861. The lowest BCUT2D eigenvalue weighted by Gasteiger charge is -2.18. The number of halogens is 1. The first-order valence-corrected chi connectivity index (χ1v) is 8.89. The number of carbonyl (C=O) groups excluding carboxylic acids is 1. The zero-order valence-electron chi connectivity index (χ0n) is 13.9. The van der Waals surface area contributed by atoms with Crippen LogP contribution in [0.5, 0.6) is 0 Å². The van der Waals surface area contributed by atoms with E-state index in [1.165, 1.54) is 0 Å². The SMILES string of the molecule is O=C(NC(=S)Nc1cccc(Cl)c1)C(c1ccccc1)c1ccccc1. The smallest absolute Gasteiger partial charge is 0.238 e. The van der Waals surface area contributed by atoms with Crippen molar-refractivity contribution in [3.05, 3.63) is 101 Å². The highest BCUT2D eigenvalue weighted by Gasteiger charge is 2.23. The van der Waals surface area contributed by atoms with Crippen molar-refractivity contribution in [3.8, 4) is 0 Å². The van der Waals surface area contributed by atoms with E-state index in [9.17, 15) is 4.79 Å². The van der Waals surface area contributed by atoms with Crippen LogP contribution in [0.3, 0.4) is 0 Å². The fourth-order valence-electron chi connectivity index (χ4n) is 2.70. The van der Waals surface area contributed by atoms with Crippen LogP contribution in [-0.4, -0.2) is 11.0 Å². The molecule has 2 N–H and O–H groups in total. The van der Waals surface area contributed by atoms with Crippen LogP contribution >= 0.6 is 23.8 Å². The van der Waals surface area contributed by atoms with Gasteiger partial charge in [0.05, 0.1) is 5.92 Å². The molecule has 130 valence electrons. The van der Waals surface area contributed by atoms with E-state index in [-0.39, 0.29) is 11.0 Å². The number of anilines is 1. The standard InChI is InChI=1S/C21H17ClN2OS/c22-17-12-7-13-18(14-17)23-21(26)24-20(25)19(15-8-3-1-4-9-15)16-10-5-2-6-11-16/h1-14,19H,(H2,23,24,25,26). The zero-order chi connectivity index (χ0) is 18.4. The third kappa shape index (κ3) is 4.69. The van der Waals surface area contributed by atoms with Crippen molar-refractivity contribution in [2.24, 2.45) is 0 Å². The molecular formula is C21H17ClN2OS. The normalized spacial score (nSPS) is 10.4. The molecule has 1 amide bonds. The first-order chi connectivity index (χ1) is 12.6. The van der Waals surface area contributed by atoms with Gasteiger partial charge >= 0.3 is 0 Å². The fraction of sp³-hybridized carbons (Fsp3) is 0.0476. The third-order valence-electron chi connectivity index (χ3n) is 3.85. The summed E-state index contributed by atoms with van der Waals surface area (Å²) < 4.78 is 0. The second kappa shape index (κ2) is 8.61. The van der Waals surface area contributed by atoms with Crippen molar-refractivity contribution >= 4 is 40.5 Å². The Labute approximate surface area is 163 Å². The number of thiocarbonyl (C=S) groups is 1. The number of hydrogen-bond donors (Lipinski definition) is 2. The largest absolute Gasteiger partial charge is 0.332 e. The lowest BCUT2D eigenvalue weighted by molar-refractivity contribution is -0.120. The van der Waals surface area contributed by atoms with Gasteiger partial charge in [-0.1, -0.05) is 78.3 Å². The molecular weight excluding hydrogens is 364 g/mol. The Morgan fingerprint density at radius 1 is 0.846 bits per heavy atom. The molecule has 0 atom stereocenters. The van der Waals surface area contributed by atoms with Crippen molar-refractivity contribution < 1.29 is 4.79 Å². The van der Waals surface area contributed by atoms with Gasteiger partial charge in [0.2, 0.25) is 5.91 Å². The van der Waals surface area contributed by atoms with Crippen molar-refractivity contribution in [1.82, 2.24) is 5.32 Å². The lowest BCUT2D eigenvalue weighted by Crippen LogP contribution is -2.37. The average Bonchev–Trinajstić information content (AvgIpc) is 2.63. The van der Waals surface area contributed by atoms with Crippen LogP contribution in [0.1, 0.15) is 17.0 Å².